The van der Waals surface area contributed by atoms with Crippen LogP contribution < -0.4 is 11.2 Å². The number of aromatic nitrogens is 1. The van der Waals surface area contributed by atoms with E-state index in [9.17, 15) is 4.79 Å². The number of nitrogens with two attached hydrogens (primary N) is 1. The van der Waals surface area contributed by atoms with Gasteiger partial charge < -0.3 is 15.4 Å². The van der Waals surface area contributed by atoms with E-state index in [1.807, 2.05) is 0 Å². The maximum atomic E-state index is 10.6. The highest BCUT2D eigenvalue weighted by Gasteiger charge is 1.97. The molecule has 1 aromatic heterocycles. The van der Waals surface area contributed by atoms with Crippen LogP contribution in [0.5, 0.6) is 5.75 Å². The first kappa shape index (κ1) is 6.67. The molecule has 0 spiro atoms. The van der Waals surface area contributed by atoms with Crippen molar-refractivity contribution in [2.24, 2.45) is 7.05 Å². The van der Waals surface area contributed by atoms with E-state index in [0.29, 0.717) is 5.82 Å². The molecular formula is C6H8N2O2. The van der Waals surface area contributed by atoms with Crippen LogP contribution in [0, 0.1) is 0 Å². The summed E-state index contributed by atoms with van der Waals surface area (Å²) in [5.41, 5.74) is 4.89. The van der Waals surface area contributed by atoms with Crippen molar-refractivity contribution >= 4 is 5.82 Å². The predicted octanol–water partition coefficient (Wildman–Crippen LogP) is -0.327. The quantitative estimate of drug-likeness (QED) is 0.518. The molecule has 0 fully saturated rings. The molecule has 0 aliphatic rings. The molecule has 1 aromatic rings. The molecule has 0 aromatic carbocycles. The van der Waals surface area contributed by atoms with Crippen LogP contribution in [-0.4, -0.2) is 9.67 Å². The molecule has 0 radical (unpaired) electrons. The molecule has 0 unspecified atom stereocenters. The van der Waals surface area contributed by atoms with E-state index in [1.54, 1.807) is 7.05 Å². The van der Waals surface area contributed by atoms with E-state index >= 15 is 0 Å². The molecule has 3 N–H and O–H groups in total. The van der Waals surface area contributed by atoms with Crippen molar-refractivity contribution < 1.29 is 5.11 Å². The molecule has 54 valence electrons. The fraction of sp³-hybridized carbons (Fsp3) is 0.167. The molecule has 4 nitrogen and oxygen atoms in total. The Kier molecular flexibility index (Phi) is 1.37. The number of nitrogens with zero attached hydrogens (tertiary/aromatic N) is 1. The lowest BCUT2D eigenvalue weighted by molar-refractivity contribution is 0.464. The van der Waals surface area contributed by atoms with Gasteiger partial charge in [-0.2, -0.15) is 0 Å². The number of aromatic hydroxyl groups is 1. The minimum atomic E-state index is -0.449. The third kappa shape index (κ3) is 0.953. The summed E-state index contributed by atoms with van der Waals surface area (Å²) in [6.07, 6.45) is 1.28. The maximum absolute atomic E-state index is 10.6. The van der Waals surface area contributed by atoms with Crippen LogP contribution in [0.15, 0.2) is 17.1 Å². The van der Waals surface area contributed by atoms with E-state index in [0.717, 1.165) is 0 Å². The monoisotopic (exact) mass is 140 g/mol. The van der Waals surface area contributed by atoms with Crippen LogP contribution in [-0.2, 0) is 7.05 Å². The summed E-state index contributed by atoms with van der Waals surface area (Å²) in [5.74, 6) is 0.0551. The molecular weight excluding hydrogens is 132 g/mol. The van der Waals surface area contributed by atoms with Gasteiger partial charge in [-0.05, 0) is 0 Å². The first-order valence-corrected chi connectivity index (χ1v) is 2.76. The van der Waals surface area contributed by atoms with Gasteiger partial charge >= 0.3 is 0 Å². The Labute approximate surface area is 57.5 Å². The smallest absolute Gasteiger partial charge is 0.225 e. The molecule has 0 bridgehead atoms. The van der Waals surface area contributed by atoms with Gasteiger partial charge in [-0.25, -0.2) is 0 Å². The van der Waals surface area contributed by atoms with Crippen molar-refractivity contribution in [1.29, 1.82) is 0 Å². The van der Waals surface area contributed by atoms with E-state index < -0.39 is 5.43 Å². The summed E-state index contributed by atoms with van der Waals surface area (Å²) in [6.45, 7) is 0. The van der Waals surface area contributed by atoms with Gasteiger partial charge in [-0.3, -0.25) is 4.79 Å². The first-order valence-electron chi connectivity index (χ1n) is 2.76. The zero-order chi connectivity index (χ0) is 7.72. The highest BCUT2D eigenvalue weighted by atomic mass is 16.3. The van der Waals surface area contributed by atoms with Crippen molar-refractivity contribution in [1.82, 2.24) is 4.57 Å². The van der Waals surface area contributed by atoms with Crippen LogP contribution in [0.25, 0.3) is 0 Å². The van der Waals surface area contributed by atoms with Gasteiger partial charge in [0.25, 0.3) is 0 Å². The van der Waals surface area contributed by atoms with E-state index in [-0.39, 0.29) is 5.75 Å². The van der Waals surface area contributed by atoms with Gasteiger partial charge in [0.15, 0.2) is 5.75 Å². The van der Waals surface area contributed by atoms with Crippen LogP contribution >= 0.6 is 0 Å². The summed E-state index contributed by atoms with van der Waals surface area (Å²) < 4.78 is 1.47. The molecule has 0 aliphatic heterocycles. The molecule has 1 heterocycles. The standard InChI is InChI=1S/C6H8N2O2/c1-8-3-5(10)4(9)2-6(8)7/h2-3,10H,7H2,1H3. The Morgan fingerprint density at radius 3 is 2.80 bits per heavy atom. The summed E-state index contributed by atoms with van der Waals surface area (Å²) in [6, 6.07) is 1.18. The van der Waals surface area contributed by atoms with Crippen LogP contribution in [0.3, 0.4) is 0 Å². The second-order valence-electron chi connectivity index (χ2n) is 2.06. The third-order valence-corrected chi connectivity index (χ3v) is 1.25. The summed E-state index contributed by atoms with van der Waals surface area (Å²) in [7, 11) is 1.65. The largest absolute Gasteiger partial charge is 0.503 e. The van der Waals surface area contributed by atoms with Crippen molar-refractivity contribution in [2.45, 2.75) is 0 Å². The number of aryl methyl sites for hydroxylation is 1. The molecule has 0 saturated carbocycles. The minimum Gasteiger partial charge on any atom is -0.503 e. The number of pyridine rings is 1. The second kappa shape index (κ2) is 2.06. The number of rotatable bonds is 0. The molecule has 0 atom stereocenters. The fourth-order valence-electron chi connectivity index (χ4n) is 0.632. The summed E-state index contributed by atoms with van der Waals surface area (Å²) >= 11 is 0. The first-order chi connectivity index (χ1) is 4.61. The Morgan fingerprint density at radius 1 is 1.70 bits per heavy atom. The van der Waals surface area contributed by atoms with Crippen molar-refractivity contribution in [3.63, 3.8) is 0 Å². The van der Waals surface area contributed by atoms with Gasteiger partial charge in [0.05, 0.1) is 6.20 Å². The Hall–Kier alpha value is -1.45. The normalized spacial score (nSPS) is 9.70. The van der Waals surface area contributed by atoms with Crippen LogP contribution in [0.1, 0.15) is 0 Å². The molecule has 4 heteroatoms. The third-order valence-electron chi connectivity index (χ3n) is 1.25. The molecule has 0 saturated heterocycles. The van der Waals surface area contributed by atoms with Gasteiger partial charge in [-0.15, -0.1) is 0 Å². The minimum absolute atomic E-state index is 0.281. The van der Waals surface area contributed by atoms with Crippen molar-refractivity contribution in [3.8, 4) is 5.75 Å². The van der Waals surface area contributed by atoms with Gasteiger partial charge in [0.2, 0.25) is 5.43 Å². The summed E-state index contributed by atoms with van der Waals surface area (Å²) in [4.78, 5) is 10.6. The second-order valence-corrected chi connectivity index (χ2v) is 2.06. The van der Waals surface area contributed by atoms with E-state index in [2.05, 4.69) is 0 Å². The summed E-state index contributed by atoms with van der Waals surface area (Å²) in [5, 5.41) is 8.84. The zero-order valence-corrected chi connectivity index (χ0v) is 5.53. The van der Waals surface area contributed by atoms with Gasteiger partial charge in [0, 0.05) is 13.1 Å². The SMILES string of the molecule is Cn1cc(O)c(=O)cc1N. The Balaban J connectivity index is 3.43. The molecule has 0 aliphatic carbocycles. The average molecular weight is 140 g/mol. The number of hydrogen-bond donors (Lipinski definition) is 2. The molecule has 10 heavy (non-hydrogen) atoms. The number of anilines is 1. The zero-order valence-electron chi connectivity index (χ0n) is 5.53. The number of nitrogen functional groups attached to an aromatic ring is 1. The lowest BCUT2D eigenvalue weighted by Gasteiger charge is -2.01. The van der Waals surface area contributed by atoms with E-state index in [1.165, 1.54) is 16.8 Å². The van der Waals surface area contributed by atoms with Gasteiger partial charge in [0.1, 0.15) is 5.82 Å². The Bertz CT molecular complexity index is 303. The van der Waals surface area contributed by atoms with Crippen LogP contribution in [0.4, 0.5) is 5.82 Å². The molecule has 1 rings (SSSR count). The average Bonchev–Trinajstić information content (AvgIpc) is 1.84. The van der Waals surface area contributed by atoms with E-state index in [4.69, 9.17) is 10.8 Å². The number of hydrogen-bond acceptors (Lipinski definition) is 3. The van der Waals surface area contributed by atoms with Crippen LogP contribution in [0.2, 0.25) is 0 Å². The van der Waals surface area contributed by atoms with Crippen molar-refractivity contribution in [3.05, 3.63) is 22.5 Å². The lowest BCUT2D eigenvalue weighted by atomic mass is 10.4. The highest BCUT2D eigenvalue weighted by Crippen LogP contribution is 2.02. The van der Waals surface area contributed by atoms with Crippen molar-refractivity contribution in [2.75, 3.05) is 5.73 Å². The Morgan fingerprint density at radius 2 is 2.30 bits per heavy atom. The topological polar surface area (TPSA) is 68.2 Å². The predicted molar refractivity (Wildman–Crippen MR) is 37.8 cm³/mol. The molecule has 0 amide bonds. The van der Waals surface area contributed by atoms with Gasteiger partial charge in [-0.1, -0.05) is 0 Å². The fourth-order valence-corrected chi connectivity index (χ4v) is 0.632. The lowest BCUT2D eigenvalue weighted by Crippen LogP contribution is -2.08. The highest BCUT2D eigenvalue weighted by molar-refractivity contribution is 5.33. The maximum Gasteiger partial charge on any atom is 0.225 e.